The lowest BCUT2D eigenvalue weighted by atomic mass is 10.1. The predicted octanol–water partition coefficient (Wildman–Crippen LogP) is 2.89. The van der Waals surface area contributed by atoms with Crippen LogP contribution in [0.5, 0.6) is 0 Å². The highest BCUT2D eigenvalue weighted by Gasteiger charge is 2.16. The molecular weight excluding hydrogens is 411 g/mol. The van der Waals surface area contributed by atoms with E-state index in [2.05, 4.69) is 32.1 Å². The molecule has 0 radical (unpaired) electrons. The number of hydrogen-bond donors (Lipinski definition) is 3. The first-order valence-electron chi connectivity index (χ1n) is 10.4. The van der Waals surface area contributed by atoms with Gasteiger partial charge in [-0.2, -0.15) is 0 Å². The number of amides is 1. The molecule has 166 valence electrons. The fourth-order valence-corrected chi connectivity index (χ4v) is 3.57. The molecule has 1 amide bonds. The van der Waals surface area contributed by atoms with Gasteiger partial charge in [0.1, 0.15) is 5.82 Å². The van der Waals surface area contributed by atoms with Crippen molar-refractivity contribution in [3.05, 3.63) is 71.7 Å². The second-order valence-electron chi connectivity index (χ2n) is 7.79. The molecule has 2 aromatic carbocycles. The number of piperazine rings is 1. The van der Waals surface area contributed by atoms with Gasteiger partial charge in [0, 0.05) is 61.3 Å². The summed E-state index contributed by atoms with van der Waals surface area (Å²) in [4.78, 5) is 24.7. The van der Waals surface area contributed by atoms with Gasteiger partial charge in [0.25, 0.3) is 5.91 Å². The van der Waals surface area contributed by atoms with E-state index in [1.807, 2.05) is 6.07 Å². The van der Waals surface area contributed by atoms with Gasteiger partial charge in [0.2, 0.25) is 5.95 Å². The fraction of sp³-hybridized carbons (Fsp3) is 0.261. The van der Waals surface area contributed by atoms with Crippen LogP contribution < -0.4 is 10.8 Å². The summed E-state index contributed by atoms with van der Waals surface area (Å²) in [5.74, 6) is -0.506. The first kappa shape index (κ1) is 21.8. The zero-order chi connectivity index (χ0) is 22.5. The van der Waals surface area contributed by atoms with Crippen LogP contribution in [0.25, 0.3) is 11.3 Å². The van der Waals surface area contributed by atoms with Crippen LogP contribution in [-0.4, -0.2) is 64.1 Å². The average molecular weight is 436 g/mol. The summed E-state index contributed by atoms with van der Waals surface area (Å²) in [7, 11) is 2.10. The minimum atomic E-state index is -0.584. The first-order valence-corrected chi connectivity index (χ1v) is 10.4. The summed E-state index contributed by atoms with van der Waals surface area (Å²) < 4.78 is 14.7. The van der Waals surface area contributed by atoms with Crippen LogP contribution >= 0.6 is 0 Å². The highest BCUT2D eigenvalue weighted by Crippen LogP contribution is 2.22. The second kappa shape index (κ2) is 9.82. The molecule has 2 heterocycles. The number of halogens is 1. The van der Waals surface area contributed by atoms with Crippen molar-refractivity contribution in [2.75, 3.05) is 38.5 Å². The van der Waals surface area contributed by atoms with E-state index in [0.717, 1.165) is 31.7 Å². The lowest BCUT2D eigenvalue weighted by Gasteiger charge is -2.32. The van der Waals surface area contributed by atoms with E-state index in [1.165, 1.54) is 6.07 Å². The van der Waals surface area contributed by atoms with Gasteiger partial charge in [-0.3, -0.25) is 14.9 Å². The maximum Gasteiger partial charge on any atom is 0.274 e. The minimum Gasteiger partial charge on any atom is -0.324 e. The Labute approximate surface area is 185 Å². The number of carbonyl (C=O) groups is 1. The second-order valence-corrected chi connectivity index (χ2v) is 7.79. The Morgan fingerprint density at radius 3 is 2.53 bits per heavy atom. The molecule has 0 atom stereocenters. The van der Waals surface area contributed by atoms with Crippen LogP contribution in [0.3, 0.4) is 0 Å². The summed E-state index contributed by atoms with van der Waals surface area (Å²) in [6.45, 7) is 4.44. The van der Waals surface area contributed by atoms with Crippen molar-refractivity contribution < 1.29 is 14.4 Å². The molecule has 0 saturated carbocycles. The molecule has 4 rings (SSSR count). The quantitative estimate of drug-likeness (QED) is 0.404. The molecule has 1 saturated heterocycles. The van der Waals surface area contributed by atoms with Crippen molar-refractivity contribution in [1.29, 1.82) is 0 Å². The Hall–Kier alpha value is -3.40. The molecule has 1 aliphatic heterocycles. The van der Waals surface area contributed by atoms with Crippen LogP contribution in [0.1, 0.15) is 15.9 Å². The number of anilines is 2. The molecule has 0 unspecified atom stereocenters. The summed E-state index contributed by atoms with van der Waals surface area (Å²) in [6.07, 6.45) is 1.61. The van der Waals surface area contributed by atoms with Crippen molar-refractivity contribution in [3.8, 4) is 11.3 Å². The number of hydroxylamine groups is 1. The topological polar surface area (TPSA) is 93.6 Å². The van der Waals surface area contributed by atoms with Gasteiger partial charge in [-0.25, -0.2) is 19.8 Å². The third kappa shape index (κ3) is 5.25. The van der Waals surface area contributed by atoms with Crippen LogP contribution in [0, 0.1) is 5.82 Å². The smallest absolute Gasteiger partial charge is 0.274 e. The summed E-state index contributed by atoms with van der Waals surface area (Å²) >= 11 is 0. The van der Waals surface area contributed by atoms with Gasteiger partial charge in [0.05, 0.1) is 5.69 Å². The zero-order valence-corrected chi connectivity index (χ0v) is 17.8. The van der Waals surface area contributed by atoms with Gasteiger partial charge in [-0.1, -0.05) is 18.2 Å². The lowest BCUT2D eigenvalue weighted by Crippen LogP contribution is -2.44. The standard InChI is InChI=1S/C23H25FN6O2/c1-29-10-12-30(13-11-29)15-18-6-7-19(14-20(18)24)26-23-25-9-8-21(27-23)16-2-4-17(5-3-16)22(31)28-32/h2-9,14,32H,10-13,15H2,1H3,(H,28,31)(H,25,26,27). The van der Waals surface area contributed by atoms with E-state index in [0.29, 0.717) is 35.0 Å². The van der Waals surface area contributed by atoms with Crippen LogP contribution in [0.15, 0.2) is 54.7 Å². The monoisotopic (exact) mass is 436 g/mol. The number of aromatic nitrogens is 2. The highest BCUT2D eigenvalue weighted by molar-refractivity contribution is 5.93. The molecule has 0 bridgehead atoms. The van der Waals surface area contributed by atoms with Crippen molar-refractivity contribution >= 4 is 17.5 Å². The number of benzene rings is 2. The maximum atomic E-state index is 14.7. The Balaban J connectivity index is 1.44. The average Bonchev–Trinajstić information content (AvgIpc) is 2.82. The van der Waals surface area contributed by atoms with E-state index >= 15 is 0 Å². The number of hydrogen-bond acceptors (Lipinski definition) is 7. The number of rotatable bonds is 6. The van der Waals surface area contributed by atoms with E-state index < -0.39 is 5.91 Å². The van der Waals surface area contributed by atoms with Crippen LogP contribution in [0.2, 0.25) is 0 Å². The first-order chi connectivity index (χ1) is 15.5. The molecule has 3 aromatic rings. The Bertz CT molecular complexity index is 1080. The molecule has 1 aliphatic rings. The van der Waals surface area contributed by atoms with Crippen LogP contribution in [0.4, 0.5) is 16.0 Å². The van der Waals surface area contributed by atoms with Gasteiger partial charge in [-0.15, -0.1) is 0 Å². The van der Waals surface area contributed by atoms with Crippen LogP contribution in [-0.2, 0) is 6.54 Å². The van der Waals surface area contributed by atoms with Crippen molar-refractivity contribution in [2.45, 2.75) is 6.54 Å². The molecule has 1 aromatic heterocycles. The van der Waals surface area contributed by atoms with Crippen molar-refractivity contribution in [3.63, 3.8) is 0 Å². The van der Waals surface area contributed by atoms with E-state index in [4.69, 9.17) is 5.21 Å². The predicted molar refractivity (Wildman–Crippen MR) is 119 cm³/mol. The van der Waals surface area contributed by atoms with E-state index in [-0.39, 0.29) is 5.82 Å². The Kier molecular flexibility index (Phi) is 6.69. The van der Waals surface area contributed by atoms with E-state index in [9.17, 15) is 9.18 Å². The van der Waals surface area contributed by atoms with Gasteiger partial charge in [0.15, 0.2) is 0 Å². The van der Waals surface area contributed by atoms with Gasteiger partial charge < -0.3 is 10.2 Å². The number of likely N-dealkylation sites (N-methyl/N-ethyl adjacent to an activating group) is 1. The van der Waals surface area contributed by atoms with Crippen molar-refractivity contribution in [1.82, 2.24) is 25.2 Å². The molecular formula is C23H25FN6O2. The molecule has 9 heteroatoms. The molecule has 0 spiro atoms. The molecule has 3 N–H and O–H groups in total. The number of nitrogens with one attached hydrogen (secondary N) is 2. The summed E-state index contributed by atoms with van der Waals surface area (Å²) in [6, 6.07) is 13.5. The van der Waals surface area contributed by atoms with Crippen molar-refractivity contribution in [2.24, 2.45) is 0 Å². The Morgan fingerprint density at radius 2 is 1.84 bits per heavy atom. The SMILES string of the molecule is CN1CCN(Cc2ccc(Nc3nccc(-c4ccc(C(=O)NO)cc4)n3)cc2F)CC1. The fourth-order valence-electron chi connectivity index (χ4n) is 3.57. The van der Waals surface area contributed by atoms with Gasteiger partial charge in [-0.05, 0) is 37.4 Å². The zero-order valence-electron chi connectivity index (χ0n) is 17.8. The largest absolute Gasteiger partial charge is 0.324 e. The molecule has 0 aliphatic carbocycles. The number of carbonyl (C=O) groups excluding carboxylic acids is 1. The summed E-state index contributed by atoms with van der Waals surface area (Å²) in [5, 5.41) is 11.8. The maximum absolute atomic E-state index is 14.7. The Morgan fingerprint density at radius 1 is 1.09 bits per heavy atom. The molecule has 32 heavy (non-hydrogen) atoms. The third-order valence-electron chi connectivity index (χ3n) is 5.50. The lowest BCUT2D eigenvalue weighted by molar-refractivity contribution is 0.0706. The van der Waals surface area contributed by atoms with E-state index in [1.54, 1.807) is 48.1 Å². The molecule has 8 nitrogen and oxygen atoms in total. The normalized spacial score (nSPS) is 14.8. The minimum absolute atomic E-state index is 0.261. The highest BCUT2D eigenvalue weighted by atomic mass is 19.1. The van der Waals surface area contributed by atoms with Gasteiger partial charge >= 0.3 is 0 Å². The molecule has 1 fully saturated rings. The summed E-state index contributed by atoms with van der Waals surface area (Å²) in [5.41, 5.74) is 4.58. The third-order valence-corrected chi connectivity index (χ3v) is 5.50. The number of nitrogens with zero attached hydrogens (tertiary/aromatic N) is 4.